The number of fused-ring (bicyclic) bond motifs is 1. The van der Waals surface area contributed by atoms with E-state index in [1.807, 2.05) is 13.0 Å². The number of H-pyrrole nitrogens is 1. The number of nitrogens with one attached hydrogen (secondary N) is 1. The highest BCUT2D eigenvalue weighted by molar-refractivity contribution is 5.54. The number of hydrogen-bond donors (Lipinski definition) is 4. The molecule has 21 heavy (non-hydrogen) atoms. The molecular formula is C14H12N4O3. The predicted octanol–water partition coefficient (Wildman–Crippen LogP) is 1.35. The largest absolute Gasteiger partial charge is 0.504 e. The lowest BCUT2D eigenvalue weighted by molar-refractivity contribution is 0.396. The van der Waals surface area contributed by atoms with Crippen LogP contribution in [0.4, 0.5) is 0 Å². The number of aromatic hydroxyl groups is 2. The minimum atomic E-state index is -0.478. The van der Waals surface area contributed by atoms with E-state index in [1.165, 1.54) is 12.1 Å². The third kappa shape index (κ3) is 1.85. The van der Waals surface area contributed by atoms with E-state index in [1.54, 1.807) is 6.07 Å². The zero-order valence-electron chi connectivity index (χ0n) is 11.1. The summed E-state index contributed by atoms with van der Waals surface area (Å²) >= 11 is 0. The first-order valence-corrected chi connectivity index (χ1v) is 6.17. The first-order chi connectivity index (χ1) is 10.0. The van der Waals surface area contributed by atoms with Crippen LogP contribution in [0.1, 0.15) is 22.7 Å². The number of hydrogen-bond acceptors (Lipinski definition) is 6. The zero-order chi connectivity index (χ0) is 15.1. The van der Waals surface area contributed by atoms with Gasteiger partial charge in [0.15, 0.2) is 11.5 Å². The van der Waals surface area contributed by atoms with Crippen LogP contribution >= 0.6 is 0 Å². The molecule has 1 aromatic heterocycles. The summed E-state index contributed by atoms with van der Waals surface area (Å²) in [5.41, 5.74) is 8.37. The molecule has 1 aliphatic heterocycles. The Balaban J connectivity index is 2.23. The molecule has 2 heterocycles. The van der Waals surface area contributed by atoms with Gasteiger partial charge in [0.2, 0.25) is 11.6 Å². The fraction of sp³-hybridized carbons (Fsp3) is 0.143. The maximum absolute atomic E-state index is 9.68. The van der Waals surface area contributed by atoms with Crippen LogP contribution in [0.15, 0.2) is 29.7 Å². The van der Waals surface area contributed by atoms with E-state index in [2.05, 4.69) is 10.2 Å². The predicted molar refractivity (Wildman–Crippen MR) is 72.4 cm³/mol. The monoisotopic (exact) mass is 284 g/mol. The summed E-state index contributed by atoms with van der Waals surface area (Å²) < 4.78 is 5.36. The number of nitrogens with zero attached hydrogens (tertiary/aromatic N) is 2. The van der Waals surface area contributed by atoms with Crippen molar-refractivity contribution in [3.05, 3.63) is 46.5 Å². The van der Waals surface area contributed by atoms with Crippen LogP contribution in [0.2, 0.25) is 0 Å². The van der Waals surface area contributed by atoms with Gasteiger partial charge in [0, 0.05) is 5.69 Å². The van der Waals surface area contributed by atoms with Gasteiger partial charge in [0.25, 0.3) is 0 Å². The van der Waals surface area contributed by atoms with E-state index >= 15 is 0 Å². The second-order valence-electron chi connectivity index (χ2n) is 4.75. The fourth-order valence-electron chi connectivity index (χ4n) is 2.43. The Morgan fingerprint density at radius 1 is 1.38 bits per heavy atom. The molecule has 0 aliphatic carbocycles. The van der Waals surface area contributed by atoms with Gasteiger partial charge in [-0.05, 0) is 24.6 Å². The van der Waals surface area contributed by atoms with E-state index in [9.17, 15) is 10.2 Å². The number of phenolic OH excluding ortho intramolecular Hbond substituents is 2. The van der Waals surface area contributed by atoms with Crippen molar-refractivity contribution in [1.29, 1.82) is 5.26 Å². The molecule has 0 amide bonds. The minimum absolute atomic E-state index is 0.0217. The van der Waals surface area contributed by atoms with Crippen molar-refractivity contribution in [3.63, 3.8) is 0 Å². The molecule has 2 aromatic rings. The molecule has 106 valence electrons. The number of nitrogens with two attached hydrogens (primary N) is 1. The Bertz CT molecular complexity index is 801. The number of phenols is 2. The number of nitriles is 1. The van der Waals surface area contributed by atoms with Gasteiger partial charge in [-0.1, -0.05) is 6.07 Å². The van der Waals surface area contributed by atoms with Gasteiger partial charge in [-0.25, -0.2) is 0 Å². The van der Waals surface area contributed by atoms with Crippen LogP contribution in [-0.2, 0) is 0 Å². The number of aryl methyl sites for hydroxylation is 1. The van der Waals surface area contributed by atoms with Gasteiger partial charge >= 0.3 is 0 Å². The Labute approximate surface area is 119 Å². The normalized spacial score (nSPS) is 17.0. The lowest BCUT2D eigenvalue weighted by Crippen LogP contribution is -2.21. The molecule has 0 bridgehead atoms. The number of ether oxygens (including phenoxy) is 1. The summed E-state index contributed by atoms with van der Waals surface area (Å²) in [6.07, 6.45) is 0. The molecule has 1 atom stereocenters. The highest BCUT2D eigenvalue weighted by Gasteiger charge is 2.33. The topological polar surface area (TPSA) is 128 Å². The van der Waals surface area contributed by atoms with Crippen LogP contribution in [0.3, 0.4) is 0 Å². The highest BCUT2D eigenvalue weighted by atomic mass is 16.5. The molecule has 0 fully saturated rings. The SMILES string of the molecule is Cc1[nH]nc2c1C(c1ccc(O)c(O)c1)C(N)=C(C#N)O2. The van der Waals surface area contributed by atoms with Crippen molar-refractivity contribution in [3.8, 4) is 23.4 Å². The lowest BCUT2D eigenvalue weighted by atomic mass is 9.86. The van der Waals surface area contributed by atoms with Crippen molar-refractivity contribution in [2.45, 2.75) is 12.8 Å². The molecule has 5 N–H and O–H groups in total. The molecule has 0 saturated heterocycles. The van der Waals surface area contributed by atoms with Crippen molar-refractivity contribution in [2.75, 3.05) is 0 Å². The van der Waals surface area contributed by atoms with E-state index < -0.39 is 5.92 Å². The van der Waals surface area contributed by atoms with Crippen LogP contribution in [-0.4, -0.2) is 20.4 Å². The van der Waals surface area contributed by atoms with Crippen LogP contribution < -0.4 is 10.5 Å². The molecule has 7 nitrogen and oxygen atoms in total. The van der Waals surface area contributed by atoms with Crippen LogP contribution in [0.5, 0.6) is 17.4 Å². The molecule has 1 unspecified atom stereocenters. The van der Waals surface area contributed by atoms with Crippen LogP contribution in [0.25, 0.3) is 0 Å². The molecule has 0 saturated carbocycles. The summed E-state index contributed by atoms with van der Waals surface area (Å²) in [5, 5.41) is 35.0. The van der Waals surface area contributed by atoms with E-state index in [-0.39, 0.29) is 28.8 Å². The third-order valence-corrected chi connectivity index (χ3v) is 3.45. The third-order valence-electron chi connectivity index (χ3n) is 3.45. The molecule has 0 spiro atoms. The molecule has 1 aromatic carbocycles. The smallest absolute Gasteiger partial charge is 0.243 e. The summed E-state index contributed by atoms with van der Waals surface area (Å²) in [4.78, 5) is 0. The van der Waals surface area contributed by atoms with E-state index in [0.717, 1.165) is 5.69 Å². The maximum atomic E-state index is 9.68. The second-order valence-corrected chi connectivity index (χ2v) is 4.75. The highest BCUT2D eigenvalue weighted by Crippen LogP contribution is 2.43. The number of benzene rings is 1. The van der Waals surface area contributed by atoms with Gasteiger partial charge in [-0.3, -0.25) is 5.10 Å². The number of aromatic nitrogens is 2. The molecule has 1 aliphatic rings. The van der Waals surface area contributed by atoms with Crippen molar-refractivity contribution >= 4 is 0 Å². The summed E-state index contributed by atoms with van der Waals surface area (Å²) in [5.74, 6) is -0.693. The summed E-state index contributed by atoms with van der Waals surface area (Å²) in [6, 6.07) is 6.30. The Morgan fingerprint density at radius 3 is 2.81 bits per heavy atom. The number of allylic oxidation sites excluding steroid dienone is 2. The number of rotatable bonds is 1. The van der Waals surface area contributed by atoms with Crippen molar-refractivity contribution in [2.24, 2.45) is 5.73 Å². The zero-order valence-corrected chi connectivity index (χ0v) is 11.1. The van der Waals surface area contributed by atoms with Gasteiger partial charge in [-0.2, -0.15) is 5.26 Å². The van der Waals surface area contributed by atoms with Gasteiger partial charge in [0.1, 0.15) is 6.07 Å². The van der Waals surface area contributed by atoms with Gasteiger partial charge in [-0.15, -0.1) is 5.10 Å². The minimum Gasteiger partial charge on any atom is -0.504 e. The Hall–Kier alpha value is -3.14. The summed E-state index contributed by atoms with van der Waals surface area (Å²) in [6.45, 7) is 1.81. The van der Waals surface area contributed by atoms with Crippen molar-refractivity contribution < 1.29 is 14.9 Å². The average Bonchev–Trinajstić information content (AvgIpc) is 2.83. The number of aromatic amines is 1. The van der Waals surface area contributed by atoms with E-state index in [4.69, 9.17) is 15.7 Å². The van der Waals surface area contributed by atoms with Crippen molar-refractivity contribution in [1.82, 2.24) is 10.2 Å². The Morgan fingerprint density at radius 2 is 2.14 bits per heavy atom. The first kappa shape index (κ1) is 12.9. The molecule has 7 heteroatoms. The average molecular weight is 284 g/mol. The maximum Gasteiger partial charge on any atom is 0.243 e. The molecular weight excluding hydrogens is 272 g/mol. The molecule has 0 radical (unpaired) electrons. The Kier molecular flexibility index (Phi) is 2.73. The second kappa shape index (κ2) is 4.45. The van der Waals surface area contributed by atoms with Crippen LogP contribution in [0, 0.1) is 18.3 Å². The van der Waals surface area contributed by atoms with Gasteiger partial charge < -0.3 is 20.7 Å². The standard InChI is InChI=1S/C14H12N4O3/c1-6-11-12(7-2-3-8(19)9(20)4-7)13(16)10(5-15)21-14(11)18-17-6/h2-4,12,19-20H,16H2,1H3,(H,17,18). The lowest BCUT2D eigenvalue weighted by Gasteiger charge is -2.24. The molecule has 3 rings (SSSR count). The first-order valence-electron chi connectivity index (χ1n) is 6.17. The fourth-order valence-corrected chi connectivity index (χ4v) is 2.43. The van der Waals surface area contributed by atoms with E-state index in [0.29, 0.717) is 11.1 Å². The quantitative estimate of drug-likeness (QED) is 0.585. The summed E-state index contributed by atoms with van der Waals surface area (Å²) in [7, 11) is 0. The van der Waals surface area contributed by atoms with Gasteiger partial charge in [0.05, 0.1) is 17.2 Å².